The Morgan fingerprint density at radius 3 is 2.74 bits per heavy atom. The molecule has 5 nitrogen and oxygen atoms in total. The SMILES string of the molecule is CC1OCCC1C(O)c1cc2[nH]c(=O)[nH]c2cc1Br. The van der Waals surface area contributed by atoms with Crippen molar-refractivity contribution in [2.75, 3.05) is 6.61 Å². The first-order valence-corrected chi connectivity index (χ1v) is 7.06. The van der Waals surface area contributed by atoms with E-state index < -0.39 is 6.10 Å². The molecule has 0 aliphatic carbocycles. The van der Waals surface area contributed by atoms with E-state index in [2.05, 4.69) is 25.9 Å². The molecule has 2 heterocycles. The van der Waals surface area contributed by atoms with E-state index in [9.17, 15) is 9.90 Å². The van der Waals surface area contributed by atoms with Gasteiger partial charge in [-0.3, -0.25) is 0 Å². The second-order valence-electron chi connectivity index (χ2n) is 4.97. The normalized spacial score (nSPS) is 25.0. The Bertz CT molecular complexity index is 663. The molecule has 1 aliphatic rings. The molecule has 3 atom stereocenters. The van der Waals surface area contributed by atoms with Crippen LogP contribution in [0.2, 0.25) is 0 Å². The van der Waals surface area contributed by atoms with Crippen LogP contribution < -0.4 is 5.69 Å². The molecule has 0 saturated carbocycles. The smallest absolute Gasteiger partial charge is 0.323 e. The van der Waals surface area contributed by atoms with Gasteiger partial charge in [-0.05, 0) is 31.0 Å². The largest absolute Gasteiger partial charge is 0.388 e. The van der Waals surface area contributed by atoms with Gasteiger partial charge in [0.25, 0.3) is 0 Å². The number of fused-ring (bicyclic) bond motifs is 1. The van der Waals surface area contributed by atoms with Crippen molar-refractivity contribution in [1.82, 2.24) is 9.97 Å². The summed E-state index contributed by atoms with van der Waals surface area (Å²) in [5.41, 5.74) is 1.97. The van der Waals surface area contributed by atoms with Gasteiger partial charge < -0.3 is 19.8 Å². The third kappa shape index (κ3) is 2.24. The molecule has 2 aromatic rings. The molecule has 1 fully saturated rings. The predicted octanol–water partition coefficient (Wildman–Crippen LogP) is 2.08. The fraction of sp³-hybridized carbons (Fsp3) is 0.462. The van der Waals surface area contributed by atoms with Crippen LogP contribution in [0.1, 0.15) is 25.0 Å². The van der Waals surface area contributed by atoms with Crippen molar-refractivity contribution in [3.05, 3.63) is 32.7 Å². The number of aliphatic hydroxyl groups excluding tert-OH is 1. The Morgan fingerprint density at radius 2 is 2.11 bits per heavy atom. The quantitative estimate of drug-likeness (QED) is 0.790. The zero-order valence-corrected chi connectivity index (χ0v) is 12.0. The Kier molecular flexibility index (Phi) is 3.24. The number of imidazole rings is 1. The summed E-state index contributed by atoms with van der Waals surface area (Å²) in [6.07, 6.45) is 0.286. The van der Waals surface area contributed by atoms with E-state index in [1.165, 1.54) is 0 Å². The standard InChI is InChI=1S/C13H15BrN2O3/c1-6-7(2-3-19-6)12(17)8-4-10-11(5-9(8)14)16-13(18)15-10/h4-7,12,17H,2-3H2,1H3,(H2,15,16,18). The molecular formula is C13H15BrN2O3. The third-order valence-electron chi connectivity index (χ3n) is 3.79. The van der Waals surface area contributed by atoms with Crippen molar-refractivity contribution in [1.29, 1.82) is 0 Å². The summed E-state index contributed by atoms with van der Waals surface area (Å²) in [5, 5.41) is 10.5. The van der Waals surface area contributed by atoms with Crippen LogP contribution in [0.15, 0.2) is 21.4 Å². The Morgan fingerprint density at radius 1 is 1.42 bits per heavy atom. The molecule has 102 valence electrons. The Balaban J connectivity index is 2.03. The van der Waals surface area contributed by atoms with Crippen molar-refractivity contribution in [3.8, 4) is 0 Å². The zero-order valence-electron chi connectivity index (χ0n) is 10.4. The minimum atomic E-state index is -0.602. The molecule has 0 amide bonds. The van der Waals surface area contributed by atoms with E-state index in [-0.39, 0.29) is 17.7 Å². The number of nitrogens with one attached hydrogen (secondary N) is 2. The minimum Gasteiger partial charge on any atom is -0.388 e. The molecule has 0 spiro atoms. The molecule has 3 N–H and O–H groups in total. The summed E-state index contributed by atoms with van der Waals surface area (Å²) in [5.74, 6) is 0.0828. The fourth-order valence-electron chi connectivity index (χ4n) is 2.69. The van der Waals surface area contributed by atoms with Crippen LogP contribution in [-0.4, -0.2) is 27.8 Å². The van der Waals surface area contributed by atoms with Crippen LogP contribution in [0.3, 0.4) is 0 Å². The van der Waals surface area contributed by atoms with E-state index in [4.69, 9.17) is 4.74 Å². The summed E-state index contributed by atoms with van der Waals surface area (Å²) in [6.45, 7) is 2.66. The molecule has 3 unspecified atom stereocenters. The first-order chi connectivity index (χ1) is 9.06. The molecule has 0 radical (unpaired) electrons. The zero-order chi connectivity index (χ0) is 13.6. The number of hydrogen-bond donors (Lipinski definition) is 3. The monoisotopic (exact) mass is 326 g/mol. The third-order valence-corrected chi connectivity index (χ3v) is 4.48. The number of aromatic amines is 2. The maximum absolute atomic E-state index is 11.3. The van der Waals surface area contributed by atoms with Gasteiger partial charge in [-0.1, -0.05) is 15.9 Å². The summed E-state index contributed by atoms with van der Waals surface area (Å²) < 4.78 is 6.29. The molecule has 19 heavy (non-hydrogen) atoms. The Hall–Kier alpha value is -1.11. The molecule has 3 rings (SSSR count). The van der Waals surface area contributed by atoms with Crippen molar-refractivity contribution < 1.29 is 9.84 Å². The van der Waals surface area contributed by atoms with Gasteiger partial charge in [0, 0.05) is 17.0 Å². The molecule has 1 aromatic heterocycles. The highest BCUT2D eigenvalue weighted by atomic mass is 79.9. The predicted molar refractivity (Wildman–Crippen MR) is 75.1 cm³/mol. The Labute approximate surface area is 118 Å². The number of hydrogen-bond acceptors (Lipinski definition) is 3. The average molecular weight is 327 g/mol. The minimum absolute atomic E-state index is 0.0443. The molecular weight excluding hydrogens is 312 g/mol. The highest BCUT2D eigenvalue weighted by Gasteiger charge is 2.32. The van der Waals surface area contributed by atoms with Gasteiger partial charge >= 0.3 is 5.69 Å². The lowest BCUT2D eigenvalue weighted by molar-refractivity contribution is 0.0429. The van der Waals surface area contributed by atoms with Crippen LogP contribution in [0.4, 0.5) is 0 Å². The summed E-state index contributed by atoms with van der Waals surface area (Å²) in [7, 11) is 0. The molecule has 1 saturated heterocycles. The summed E-state index contributed by atoms with van der Waals surface area (Å²) in [6, 6.07) is 3.62. The molecule has 0 bridgehead atoms. The first-order valence-electron chi connectivity index (χ1n) is 6.27. The lowest BCUT2D eigenvalue weighted by atomic mass is 9.90. The average Bonchev–Trinajstić information content (AvgIpc) is 2.92. The summed E-state index contributed by atoms with van der Waals surface area (Å²) in [4.78, 5) is 16.7. The highest BCUT2D eigenvalue weighted by Crippen LogP contribution is 2.37. The van der Waals surface area contributed by atoms with Crippen molar-refractivity contribution >= 4 is 27.0 Å². The van der Waals surface area contributed by atoms with E-state index >= 15 is 0 Å². The lowest BCUT2D eigenvalue weighted by Gasteiger charge is -2.22. The lowest BCUT2D eigenvalue weighted by Crippen LogP contribution is -2.20. The van der Waals surface area contributed by atoms with Crippen molar-refractivity contribution in [2.24, 2.45) is 5.92 Å². The van der Waals surface area contributed by atoms with Gasteiger partial charge in [0.2, 0.25) is 0 Å². The van der Waals surface area contributed by atoms with Gasteiger partial charge in [0.1, 0.15) is 0 Å². The van der Waals surface area contributed by atoms with Gasteiger partial charge in [0.05, 0.1) is 23.2 Å². The second kappa shape index (κ2) is 4.77. The van der Waals surface area contributed by atoms with Crippen LogP contribution in [0.25, 0.3) is 11.0 Å². The molecule has 1 aromatic carbocycles. The maximum atomic E-state index is 11.3. The van der Waals surface area contributed by atoms with E-state index in [0.29, 0.717) is 12.1 Å². The number of benzene rings is 1. The fourth-order valence-corrected chi connectivity index (χ4v) is 3.27. The highest BCUT2D eigenvalue weighted by molar-refractivity contribution is 9.10. The van der Waals surface area contributed by atoms with Crippen molar-refractivity contribution in [3.63, 3.8) is 0 Å². The number of aliphatic hydroxyl groups is 1. The number of H-pyrrole nitrogens is 2. The van der Waals surface area contributed by atoms with E-state index in [1.54, 1.807) is 0 Å². The van der Waals surface area contributed by atoms with Crippen LogP contribution in [-0.2, 0) is 4.74 Å². The maximum Gasteiger partial charge on any atom is 0.323 e. The molecule has 6 heteroatoms. The number of halogens is 1. The second-order valence-corrected chi connectivity index (χ2v) is 5.83. The summed E-state index contributed by atoms with van der Waals surface area (Å²) >= 11 is 3.46. The van der Waals surface area contributed by atoms with Crippen molar-refractivity contribution in [2.45, 2.75) is 25.6 Å². The first kappa shape index (κ1) is 12.9. The van der Waals surface area contributed by atoms with Gasteiger partial charge in [-0.25, -0.2) is 4.79 Å². The number of aromatic nitrogens is 2. The van der Waals surface area contributed by atoms with Gasteiger partial charge in [0.15, 0.2) is 0 Å². The van der Waals surface area contributed by atoms with Gasteiger partial charge in [-0.15, -0.1) is 0 Å². The van der Waals surface area contributed by atoms with Crippen LogP contribution in [0, 0.1) is 5.92 Å². The topological polar surface area (TPSA) is 78.1 Å². The number of rotatable bonds is 2. The van der Waals surface area contributed by atoms with Gasteiger partial charge in [-0.2, -0.15) is 0 Å². The van der Waals surface area contributed by atoms with Crippen LogP contribution in [0.5, 0.6) is 0 Å². The number of ether oxygens (including phenoxy) is 1. The van der Waals surface area contributed by atoms with Crippen LogP contribution >= 0.6 is 15.9 Å². The molecule has 1 aliphatic heterocycles. The van der Waals surface area contributed by atoms with E-state index in [0.717, 1.165) is 22.0 Å². The van der Waals surface area contributed by atoms with E-state index in [1.807, 2.05) is 19.1 Å².